The van der Waals surface area contributed by atoms with E-state index in [2.05, 4.69) is 23.9 Å². The number of aliphatic imine (C=N–C) groups is 1. The van der Waals surface area contributed by atoms with Crippen LogP contribution in [0.25, 0.3) is 0 Å². The molecule has 0 bridgehead atoms. The fourth-order valence-electron chi connectivity index (χ4n) is 1.45. The Morgan fingerprint density at radius 3 is 2.73 bits per heavy atom. The van der Waals surface area contributed by atoms with Crippen molar-refractivity contribution in [3.63, 3.8) is 0 Å². The van der Waals surface area contributed by atoms with Gasteiger partial charge < -0.3 is 0 Å². The van der Waals surface area contributed by atoms with Crippen LogP contribution in [0.2, 0.25) is 0 Å². The van der Waals surface area contributed by atoms with Crippen LogP contribution in [0.5, 0.6) is 0 Å². The second-order valence-corrected chi connectivity index (χ2v) is 3.46. The molecule has 0 N–H and O–H groups in total. The zero-order valence-electron chi connectivity index (χ0n) is 9.41. The van der Waals surface area contributed by atoms with Gasteiger partial charge in [0.1, 0.15) is 0 Å². The van der Waals surface area contributed by atoms with Crippen molar-refractivity contribution in [2.24, 2.45) is 4.99 Å². The van der Waals surface area contributed by atoms with Gasteiger partial charge in [-0.15, -0.1) is 6.42 Å². The molecule has 0 spiro atoms. The highest BCUT2D eigenvalue weighted by molar-refractivity contribution is 5.94. The summed E-state index contributed by atoms with van der Waals surface area (Å²) < 4.78 is 0. The van der Waals surface area contributed by atoms with E-state index < -0.39 is 0 Å². The molecule has 1 aliphatic rings. The molecule has 1 heterocycles. The van der Waals surface area contributed by atoms with E-state index in [4.69, 9.17) is 6.42 Å². The molecule has 0 aromatic heterocycles. The third kappa shape index (κ3) is 3.11. The van der Waals surface area contributed by atoms with Gasteiger partial charge in [-0.1, -0.05) is 18.1 Å². The number of rotatable bonds is 1. The predicted octanol–water partition coefficient (Wildman–Crippen LogP) is 3.43. The average Bonchev–Trinajstić information content (AvgIpc) is 2.16. The molecule has 76 valence electrons. The maximum absolute atomic E-state index is 5.21. The Kier molecular flexibility index (Phi) is 3.88. The summed E-state index contributed by atoms with van der Waals surface area (Å²) in [4.78, 5) is 4.47. The van der Waals surface area contributed by atoms with E-state index in [0.29, 0.717) is 0 Å². The van der Waals surface area contributed by atoms with Crippen molar-refractivity contribution in [3.8, 4) is 12.3 Å². The van der Waals surface area contributed by atoms with Gasteiger partial charge in [0.2, 0.25) is 0 Å². The normalized spacial score (nSPS) is 30.8. The molecule has 0 aromatic carbocycles. The summed E-state index contributed by atoms with van der Waals surface area (Å²) in [6.45, 7) is 6.04. The number of terminal acetylenes is 1. The van der Waals surface area contributed by atoms with E-state index in [1.807, 2.05) is 32.1 Å². The van der Waals surface area contributed by atoms with Crippen LogP contribution in [0.3, 0.4) is 0 Å². The SMILES string of the molecule is C#C\C=C/C1=C(C)/N=C(C)\C=C\C=C\1C. The Hall–Kier alpha value is -1.81. The second kappa shape index (κ2) is 5.17. The van der Waals surface area contributed by atoms with E-state index >= 15 is 0 Å². The van der Waals surface area contributed by atoms with Crippen LogP contribution in [0.4, 0.5) is 0 Å². The first-order valence-corrected chi connectivity index (χ1v) is 4.89. The first-order chi connectivity index (χ1) is 7.15. The van der Waals surface area contributed by atoms with E-state index in [-0.39, 0.29) is 0 Å². The van der Waals surface area contributed by atoms with Gasteiger partial charge in [-0.2, -0.15) is 0 Å². The van der Waals surface area contributed by atoms with Gasteiger partial charge in [0.05, 0.1) is 0 Å². The minimum absolute atomic E-state index is 0.997. The Morgan fingerprint density at radius 1 is 1.33 bits per heavy atom. The Labute approximate surface area is 91.6 Å². The lowest BCUT2D eigenvalue weighted by Gasteiger charge is -2.07. The maximum Gasteiger partial charge on any atom is 0.0450 e. The van der Waals surface area contributed by atoms with Crippen LogP contribution in [0.15, 0.2) is 52.2 Å². The number of hydrogen-bond acceptors (Lipinski definition) is 1. The Bertz CT molecular complexity index is 434. The van der Waals surface area contributed by atoms with Crippen molar-refractivity contribution in [3.05, 3.63) is 47.2 Å². The lowest BCUT2D eigenvalue weighted by atomic mass is 10.0. The standard InChI is InChI=1S/C14H15N/c1-5-6-10-14-11(2)8-7-9-12(3)15-13(14)4/h1,6-10H,2-4H3/b8-7?,9-7+,10-6-,11-8+,12-9?,14-11?,14-13-,15-12-,15-13?. The predicted molar refractivity (Wildman–Crippen MR) is 66.7 cm³/mol. The Balaban J connectivity index is 3.22. The van der Waals surface area contributed by atoms with E-state index in [0.717, 1.165) is 17.0 Å². The smallest absolute Gasteiger partial charge is 0.0450 e. The molecular weight excluding hydrogens is 182 g/mol. The molecule has 0 saturated heterocycles. The molecule has 0 saturated carbocycles. The van der Waals surface area contributed by atoms with Gasteiger partial charge in [0, 0.05) is 11.4 Å². The molecule has 0 unspecified atom stereocenters. The van der Waals surface area contributed by atoms with Crippen molar-refractivity contribution in [1.82, 2.24) is 0 Å². The van der Waals surface area contributed by atoms with Crippen molar-refractivity contribution in [1.29, 1.82) is 0 Å². The first kappa shape index (κ1) is 11.3. The van der Waals surface area contributed by atoms with Crippen LogP contribution >= 0.6 is 0 Å². The van der Waals surface area contributed by atoms with E-state index in [1.165, 1.54) is 5.57 Å². The third-order valence-electron chi connectivity index (χ3n) is 2.19. The van der Waals surface area contributed by atoms with Crippen molar-refractivity contribution in [2.45, 2.75) is 20.8 Å². The average molecular weight is 197 g/mol. The summed E-state index contributed by atoms with van der Waals surface area (Å²) in [6.07, 6.45) is 14.9. The first-order valence-electron chi connectivity index (χ1n) is 4.89. The molecule has 0 aliphatic carbocycles. The fourth-order valence-corrected chi connectivity index (χ4v) is 1.45. The van der Waals surface area contributed by atoms with Gasteiger partial charge in [-0.3, -0.25) is 4.99 Å². The molecular formula is C14H15N. The highest BCUT2D eigenvalue weighted by Crippen LogP contribution is 2.19. The topological polar surface area (TPSA) is 12.4 Å². The molecule has 0 amide bonds. The number of allylic oxidation sites excluding steroid dienone is 8. The summed E-state index contributed by atoms with van der Waals surface area (Å²) in [5, 5.41) is 0. The molecule has 0 atom stereocenters. The highest BCUT2D eigenvalue weighted by Gasteiger charge is 2.02. The molecule has 1 rings (SSSR count). The van der Waals surface area contributed by atoms with Crippen molar-refractivity contribution < 1.29 is 0 Å². The summed E-state index contributed by atoms with van der Waals surface area (Å²) in [7, 11) is 0. The third-order valence-corrected chi connectivity index (χ3v) is 2.19. The molecule has 15 heavy (non-hydrogen) atoms. The molecule has 1 aliphatic heterocycles. The largest absolute Gasteiger partial charge is 0.258 e. The Morgan fingerprint density at radius 2 is 2.07 bits per heavy atom. The highest BCUT2D eigenvalue weighted by atomic mass is 14.7. The van der Waals surface area contributed by atoms with E-state index in [9.17, 15) is 0 Å². The van der Waals surface area contributed by atoms with Crippen molar-refractivity contribution in [2.75, 3.05) is 0 Å². The van der Waals surface area contributed by atoms with Gasteiger partial charge >= 0.3 is 0 Å². The maximum atomic E-state index is 5.21. The number of nitrogens with zero attached hydrogens (tertiary/aromatic N) is 1. The van der Waals surface area contributed by atoms with Crippen LogP contribution in [0.1, 0.15) is 20.8 Å². The molecule has 1 nitrogen and oxygen atoms in total. The summed E-state index contributed by atoms with van der Waals surface area (Å²) in [6, 6.07) is 0. The fraction of sp³-hybridized carbons (Fsp3) is 0.214. The summed E-state index contributed by atoms with van der Waals surface area (Å²) >= 11 is 0. The van der Waals surface area contributed by atoms with E-state index in [1.54, 1.807) is 6.08 Å². The quantitative estimate of drug-likeness (QED) is 0.571. The minimum Gasteiger partial charge on any atom is -0.258 e. The molecule has 0 fully saturated rings. The van der Waals surface area contributed by atoms with Gasteiger partial charge in [-0.25, -0.2) is 0 Å². The molecule has 0 radical (unpaired) electrons. The zero-order chi connectivity index (χ0) is 11.3. The molecule has 0 aromatic rings. The van der Waals surface area contributed by atoms with Gasteiger partial charge in [0.25, 0.3) is 0 Å². The van der Waals surface area contributed by atoms with Gasteiger partial charge in [0.15, 0.2) is 0 Å². The molecule has 1 heteroatoms. The lowest BCUT2D eigenvalue weighted by molar-refractivity contribution is 1.22. The van der Waals surface area contributed by atoms with Crippen LogP contribution in [0, 0.1) is 12.3 Å². The van der Waals surface area contributed by atoms with Crippen LogP contribution in [-0.4, -0.2) is 5.71 Å². The van der Waals surface area contributed by atoms with Gasteiger partial charge in [-0.05, 0) is 50.1 Å². The summed E-state index contributed by atoms with van der Waals surface area (Å²) in [5.74, 6) is 2.49. The lowest BCUT2D eigenvalue weighted by Crippen LogP contribution is -1.93. The zero-order valence-corrected chi connectivity index (χ0v) is 9.41. The van der Waals surface area contributed by atoms with Crippen LogP contribution < -0.4 is 0 Å². The van der Waals surface area contributed by atoms with Crippen LogP contribution in [-0.2, 0) is 0 Å². The number of hydrogen-bond donors (Lipinski definition) is 0. The van der Waals surface area contributed by atoms with Crippen molar-refractivity contribution >= 4 is 5.71 Å². The second-order valence-electron chi connectivity index (χ2n) is 3.46. The minimum atomic E-state index is 0.997. The summed E-state index contributed by atoms with van der Waals surface area (Å²) in [5.41, 5.74) is 4.27. The monoisotopic (exact) mass is 197 g/mol.